The predicted octanol–water partition coefficient (Wildman–Crippen LogP) is 3.84. The van der Waals surface area contributed by atoms with Gasteiger partial charge in [-0.1, -0.05) is 12.1 Å². The molecule has 0 bridgehead atoms. The maximum Gasteiger partial charge on any atom is 0.276 e. The normalized spacial score (nSPS) is 10.4. The molecule has 0 aliphatic carbocycles. The van der Waals surface area contributed by atoms with Gasteiger partial charge < -0.3 is 14.8 Å². The van der Waals surface area contributed by atoms with Crippen molar-refractivity contribution in [2.24, 2.45) is 0 Å². The maximum absolute atomic E-state index is 12.6. The first-order valence-electron chi connectivity index (χ1n) is 8.36. The summed E-state index contributed by atoms with van der Waals surface area (Å²) in [6.07, 6.45) is 0. The average molecular weight is 351 g/mol. The first kappa shape index (κ1) is 17.5. The number of carbonyl (C=O) groups is 1. The van der Waals surface area contributed by atoms with Gasteiger partial charge in [0.15, 0.2) is 5.69 Å². The molecule has 1 amide bonds. The Morgan fingerprint density at radius 1 is 1.15 bits per heavy atom. The largest absolute Gasteiger partial charge is 0.497 e. The Morgan fingerprint density at radius 2 is 1.88 bits per heavy atom. The molecule has 0 saturated heterocycles. The highest BCUT2D eigenvalue weighted by molar-refractivity contribution is 6.03. The van der Waals surface area contributed by atoms with Crippen LogP contribution in [0.2, 0.25) is 0 Å². The highest BCUT2D eigenvalue weighted by Gasteiger charge is 2.15. The van der Waals surface area contributed by atoms with Gasteiger partial charge in [0.05, 0.1) is 25.1 Å². The number of anilines is 1. The lowest BCUT2D eigenvalue weighted by molar-refractivity contribution is 0.102. The molecule has 1 aromatic heterocycles. The fraction of sp³-hybridized carbons (Fsp3) is 0.200. The Bertz CT molecular complexity index is 901. The topological polar surface area (TPSA) is 65.4 Å². The van der Waals surface area contributed by atoms with Gasteiger partial charge in [-0.25, -0.2) is 4.68 Å². The Morgan fingerprint density at radius 3 is 2.58 bits per heavy atom. The number of para-hydroxylation sites is 2. The van der Waals surface area contributed by atoms with Crippen LogP contribution in [0.15, 0.2) is 54.6 Å². The minimum atomic E-state index is -0.285. The SMILES string of the molecule is CCOc1ccccc1NC(=O)c1cc(C)n(-c2ccc(OC)cc2)n1. The second kappa shape index (κ2) is 7.74. The molecule has 6 nitrogen and oxygen atoms in total. The standard InChI is InChI=1S/C20H21N3O3/c1-4-26-19-8-6-5-7-17(19)21-20(24)18-13-14(2)23(22-18)15-9-11-16(25-3)12-10-15/h5-13H,4H2,1-3H3,(H,21,24). The van der Waals surface area contributed by atoms with Gasteiger partial charge in [0.2, 0.25) is 0 Å². The van der Waals surface area contributed by atoms with Crippen LogP contribution in [0, 0.1) is 6.92 Å². The van der Waals surface area contributed by atoms with Crippen molar-refractivity contribution in [2.45, 2.75) is 13.8 Å². The summed E-state index contributed by atoms with van der Waals surface area (Å²) in [5.41, 5.74) is 2.68. The van der Waals surface area contributed by atoms with E-state index in [2.05, 4.69) is 10.4 Å². The number of carbonyl (C=O) groups excluding carboxylic acids is 1. The fourth-order valence-corrected chi connectivity index (χ4v) is 2.61. The van der Waals surface area contributed by atoms with Crippen LogP contribution in [0.1, 0.15) is 23.1 Å². The molecule has 26 heavy (non-hydrogen) atoms. The van der Waals surface area contributed by atoms with Gasteiger partial charge in [-0.15, -0.1) is 0 Å². The van der Waals surface area contributed by atoms with Crippen molar-refractivity contribution in [1.82, 2.24) is 9.78 Å². The Balaban J connectivity index is 1.83. The number of hydrogen-bond acceptors (Lipinski definition) is 4. The van der Waals surface area contributed by atoms with Crippen molar-refractivity contribution in [1.29, 1.82) is 0 Å². The summed E-state index contributed by atoms with van der Waals surface area (Å²) in [4.78, 5) is 12.6. The van der Waals surface area contributed by atoms with E-state index in [1.54, 1.807) is 23.9 Å². The number of rotatable bonds is 6. The number of aromatic nitrogens is 2. The summed E-state index contributed by atoms with van der Waals surface area (Å²) in [5.74, 6) is 1.12. The van der Waals surface area contributed by atoms with Gasteiger partial charge >= 0.3 is 0 Å². The van der Waals surface area contributed by atoms with E-state index >= 15 is 0 Å². The van der Waals surface area contributed by atoms with Gasteiger partial charge in [-0.2, -0.15) is 5.10 Å². The highest BCUT2D eigenvalue weighted by atomic mass is 16.5. The number of methoxy groups -OCH3 is 1. The van der Waals surface area contributed by atoms with E-state index in [4.69, 9.17) is 9.47 Å². The molecule has 1 N–H and O–H groups in total. The van der Waals surface area contributed by atoms with Crippen molar-refractivity contribution in [2.75, 3.05) is 19.0 Å². The molecule has 3 rings (SSSR count). The molecule has 0 aliphatic rings. The number of benzene rings is 2. The molecule has 0 fully saturated rings. The molecule has 1 heterocycles. The summed E-state index contributed by atoms with van der Waals surface area (Å²) in [6.45, 7) is 4.33. The molecule has 0 aliphatic heterocycles. The van der Waals surface area contributed by atoms with Crippen molar-refractivity contribution >= 4 is 11.6 Å². The number of aryl methyl sites for hydroxylation is 1. The van der Waals surface area contributed by atoms with Crippen LogP contribution in [0.25, 0.3) is 5.69 Å². The lowest BCUT2D eigenvalue weighted by Crippen LogP contribution is -2.14. The molecule has 6 heteroatoms. The van der Waals surface area contributed by atoms with E-state index in [0.29, 0.717) is 23.7 Å². The molecule has 3 aromatic rings. The number of nitrogens with one attached hydrogen (secondary N) is 1. The molecule has 2 aromatic carbocycles. The summed E-state index contributed by atoms with van der Waals surface area (Å²) in [5, 5.41) is 7.29. The van der Waals surface area contributed by atoms with Crippen LogP contribution in [0.4, 0.5) is 5.69 Å². The zero-order chi connectivity index (χ0) is 18.5. The molecular weight excluding hydrogens is 330 g/mol. The molecule has 0 unspecified atom stereocenters. The minimum absolute atomic E-state index is 0.285. The molecule has 0 saturated carbocycles. The molecule has 0 atom stereocenters. The van der Waals surface area contributed by atoms with Gasteiger partial charge in [-0.05, 0) is 56.3 Å². The Kier molecular flexibility index (Phi) is 5.22. The van der Waals surface area contributed by atoms with E-state index < -0.39 is 0 Å². The maximum atomic E-state index is 12.6. The van der Waals surface area contributed by atoms with E-state index in [1.165, 1.54) is 0 Å². The van der Waals surface area contributed by atoms with Crippen LogP contribution < -0.4 is 14.8 Å². The van der Waals surface area contributed by atoms with Crippen LogP contribution >= 0.6 is 0 Å². The van der Waals surface area contributed by atoms with Gasteiger partial charge in [0, 0.05) is 5.69 Å². The first-order chi connectivity index (χ1) is 12.6. The number of hydrogen-bond donors (Lipinski definition) is 1. The summed E-state index contributed by atoms with van der Waals surface area (Å²) in [6, 6.07) is 16.6. The fourth-order valence-electron chi connectivity index (χ4n) is 2.61. The third-order valence-corrected chi connectivity index (χ3v) is 3.87. The van der Waals surface area contributed by atoms with E-state index in [9.17, 15) is 4.79 Å². The van der Waals surface area contributed by atoms with Crippen molar-refractivity contribution in [3.63, 3.8) is 0 Å². The van der Waals surface area contributed by atoms with Crippen molar-refractivity contribution in [3.8, 4) is 17.2 Å². The number of nitrogens with zero attached hydrogens (tertiary/aromatic N) is 2. The van der Waals surface area contributed by atoms with Gasteiger partial charge in [-0.3, -0.25) is 4.79 Å². The monoisotopic (exact) mass is 351 g/mol. The number of amides is 1. The van der Waals surface area contributed by atoms with Crippen LogP contribution in [-0.4, -0.2) is 29.4 Å². The van der Waals surface area contributed by atoms with Crippen LogP contribution in [0.5, 0.6) is 11.5 Å². The third kappa shape index (κ3) is 3.69. The smallest absolute Gasteiger partial charge is 0.276 e. The summed E-state index contributed by atoms with van der Waals surface area (Å²) < 4.78 is 12.4. The summed E-state index contributed by atoms with van der Waals surface area (Å²) >= 11 is 0. The van der Waals surface area contributed by atoms with Crippen LogP contribution in [0.3, 0.4) is 0 Å². The van der Waals surface area contributed by atoms with E-state index in [0.717, 1.165) is 17.1 Å². The van der Waals surface area contributed by atoms with Crippen molar-refractivity contribution < 1.29 is 14.3 Å². The van der Waals surface area contributed by atoms with E-state index in [1.807, 2.05) is 56.3 Å². The highest BCUT2D eigenvalue weighted by Crippen LogP contribution is 2.24. The zero-order valence-electron chi connectivity index (χ0n) is 15.0. The molecule has 134 valence electrons. The lowest BCUT2D eigenvalue weighted by Gasteiger charge is -2.10. The zero-order valence-corrected chi connectivity index (χ0v) is 15.0. The average Bonchev–Trinajstić information content (AvgIpc) is 3.05. The number of ether oxygens (including phenoxy) is 2. The van der Waals surface area contributed by atoms with Gasteiger partial charge in [0.1, 0.15) is 11.5 Å². The van der Waals surface area contributed by atoms with Crippen LogP contribution in [-0.2, 0) is 0 Å². The minimum Gasteiger partial charge on any atom is -0.497 e. The Hall–Kier alpha value is -3.28. The second-order valence-electron chi connectivity index (χ2n) is 5.66. The Labute approximate surface area is 152 Å². The lowest BCUT2D eigenvalue weighted by atomic mass is 10.2. The third-order valence-electron chi connectivity index (χ3n) is 3.87. The summed E-state index contributed by atoms with van der Waals surface area (Å²) in [7, 11) is 1.62. The molecular formula is C20H21N3O3. The quantitative estimate of drug-likeness (QED) is 0.733. The molecule has 0 spiro atoms. The predicted molar refractivity (Wildman–Crippen MR) is 100 cm³/mol. The first-order valence-corrected chi connectivity index (χ1v) is 8.36. The van der Waals surface area contributed by atoms with Gasteiger partial charge in [0.25, 0.3) is 5.91 Å². The molecule has 0 radical (unpaired) electrons. The van der Waals surface area contributed by atoms with Crippen molar-refractivity contribution in [3.05, 3.63) is 66.0 Å². The van der Waals surface area contributed by atoms with E-state index in [-0.39, 0.29) is 5.91 Å². The second-order valence-corrected chi connectivity index (χ2v) is 5.66.